The summed E-state index contributed by atoms with van der Waals surface area (Å²) < 4.78 is 30.5. The lowest BCUT2D eigenvalue weighted by molar-refractivity contribution is -0.140. The molecule has 0 unspecified atom stereocenters. The highest BCUT2D eigenvalue weighted by atomic mass is 19.3. The summed E-state index contributed by atoms with van der Waals surface area (Å²) in [5.41, 5.74) is -0.610. The molecule has 0 aromatic heterocycles. The Bertz CT molecular complexity index is 496. The summed E-state index contributed by atoms with van der Waals surface area (Å²) in [4.78, 5) is 30.2. The maximum Gasteiger partial charge on any atom is 0.410 e. The van der Waals surface area contributed by atoms with Crippen molar-refractivity contribution in [1.29, 1.82) is 0 Å². The quantitative estimate of drug-likeness (QED) is 0.773. The van der Waals surface area contributed by atoms with Crippen LogP contribution in [0.2, 0.25) is 0 Å². The number of carbonyl (C=O) groups is 2. The van der Waals surface area contributed by atoms with Gasteiger partial charge in [-0.3, -0.25) is 14.6 Å². The van der Waals surface area contributed by atoms with Crippen molar-refractivity contribution >= 4 is 12.0 Å². The third kappa shape index (κ3) is 5.26. The van der Waals surface area contributed by atoms with Crippen LogP contribution in [0.4, 0.5) is 13.6 Å². The van der Waals surface area contributed by atoms with Crippen molar-refractivity contribution in [3.05, 3.63) is 0 Å². The smallest absolute Gasteiger partial charge is 0.410 e. The summed E-state index contributed by atoms with van der Waals surface area (Å²) in [6, 6.07) is -0.667. The Kier molecular flexibility index (Phi) is 6.24. The molecule has 2 rings (SSSR count). The number of rotatable bonds is 3. The molecule has 0 aliphatic carbocycles. The lowest BCUT2D eigenvalue weighted by Crippen LogP contribution is -2.58. The molecule has 2 atom stereocenters. The highest BCUT2D eigenvalue weighted by Gasteiger charge is 2.40. The lowest BCUT2D eigenvalue weighted by Gasteiger charge is -2.41. The topological polar surface area (TPSA) is 53.1 Å². The Labute approximate surface area is 148 Å². The molecule has 0 spiro atoms. The lowest BCUT2D eigenvalue weighted by atomic mass is 10.1. The molecule has 2 amide bonds. The number of ether oxygens (including phenoxy) is 1. The zero-order chi connectivity index (χ0) is 18.8. The number of carbonyl (C=O) groups excluding carboxylic acids is 2. The van der Waals surface area contributed by atoms with E-state index in [-0.39, 0.29) is 18.5 Å². The van der Waals surface area contributed by atoms with E-state index in [0.717, 1.165) is 6.42 Å². The van der Waals surface area contributed by atoms with Crippen LogP contribution in [0, 0.1) is 0 Å². The summed E-state index contributed by atoms with van der Waals surface area (Å²) in [6.45, 7) is 8.75. The minimum atomic E-state index is -2.37. The highest BCUT2D eigenvalue weighted by Crippen LogP contribution is 2.24. The van der Waals surface area contributed by atoms with Crippen molar-refractivity contribution in [3.63, 3.8) is 0 Å². The Morgan fingerprint density at radius 2 is 1.84 bits per heavy atom. The number of alkyl halides is 2. The number of nitrogens with zero attached hydrogens (tertiary/aromatic N) is 3. The Morgan fingerprint density at radius 1 is 1.16 bits per heavy atom. The Balaban J connectivity index is 1.98. The van der Waals surface area contributed by atoms with E-state index in [2.05, 4.69) is 0 Å². The average molecular weight is 361 g/mol. The van der Waals surface area contributed by atoms with Gasteiger partial charge in [0, 0.05) is 32.2 Å². The first-order valence-corrected chi connectivity index (χ1v) is 8.89. The van der Waals surface area contributed by atoms with Crippen molar-refractivity contribution in [1.82, 2.24) is 14.7 Å². The van der Waals surface area contributed by atoms with E-state index in [0.29, 0.717) is 32.6 Å². The molecule has 0 aromatic carbocycles. The summed E-state index contributed by atoms with van der Waals surface area (Å²) in [7, 11) is 0. The van der Waals surface area contributed by atoms with Gasteiger partial charge in [0.25, 0.3) is 6.43 Å². The van der Waals surface area contributed by atoms with E-state index < -0.39 is 24.2 Å². The first-order valence-electron chi connectivity index (χ1n) is 8.89. The van der Waals surface area contributed by atoms with Crippen LogP contribution in [0.1, 0.15) is 40.5 Å². The largest absolute Gasteiger partial charge is 0.444 e. The molecule has 0 saturated carbocycles. The number of amides is 2. The maximum absolute atomic E-state index is 12.9. The predicted octanol–water partition coefficient (Wildman–Crippen LogP) is 2.18. The van der Waals surface area contributed by atoms with Gasteiger partial charge < -0.3 is 9.64 Å². The van der Waals surface area contributed by atoms with E-state index in [1.165, 1.54) is 4.90 Å². The van der Waals surface area contributed by atoms with Gasteiger partial charge in [0.15, 0.2) is 0 Å². The molecule has 0 N–H and O–H groups in total. The summed E-state index contributed by atoms with van der Waals surface area (Å²) >= 11 is 0. The minimum absolute atomic E-state index is 0.104. The van der Waals surface area contributed by atoms with E-state index in [4.69, 9.17) is 4.74 Å². The number of piperazine rings is 1. The second kappa shape index (κ2) is 7.85. The molecule has 0 aromatic rings. The van der Waals surface area contributed by atoms with Gasteiger partial charge in [-0.05, 0) is 40.5 Å². The molecule has 6 nitrogen and oxygen atoms in total. The third-order valence-electron chi connectivity index (χ3n) is 4.56. The summed E-state index contributed by atoms with van der Waals surface area (Å²) in [5.74, 6) is -0.104. The van der Waals surface area contributed by atoms with Gasteiger partial charge in [-0.2, -0.15) is 0 Å². The molecule has 8 heteroatoms. The first-order chi connectivity index (χ1) is 11.6. The fraction of sp³-hybridized carbons (Fsp3) is 0.882. The Hall–Kier alpha value is -1.44. The number of hydrogen-bond acceptors (Lipinski definition) is 4. The second-order valence-corrected chi connectivity index (χ2v) is 7.86. The van der Waals surface area contributed by atoms with Gasteiger partial charge in [-0.25, -0.2) is 13.6 Å². The second-order valence-electron chi connectivity index (χ2n) is 7.86. The summed E-state index contributed by atoms with van der Waals surface area (Å²) in [5, 5.41) is 0. The van der Waals surface area contributed by atoms with Crippen LogP contribution in [-0.4, -0.2) is 83.5 Å². The molecule has 2 aliphatic heterocycles. The molecule has 0 bridgehead atoms. The van der Waals surface area contributed by atoms with Crippen LogP contribution in [0.5, 0.6) is 0 Å². The molecule has 2 aliphatic rings. The van der Waals surface area contributed by atoms with Gasteiger partial charge >= 0.3 is 6.09 Å². The zero-order valence-electron chi connectivity index (χ0n) is 15.5. The maximum atomic E-state index is 12.9. The molecule has 144 valence electrons. The van der Waals surface area contributed by atoms with E-state index in [9.17, 15) is 18.4 Å². The van der Waals surface area contributed by atoms with Gasteiger partial charge in [0.1, 0.15) is 11.6 Å². The standard InChI is InChI=1S/C17H29F2N3O3/c1-12-10-20(11-14(18)19)8-9-21(12)15(23)13-6-5-7-22(13)16(24)25-17(2,3)4/h12-14H,5-11H2,1-4H3/t12-,13+/m1/s1. The third-order valence-corrected chi connectivity index (χ3v) is 4.56. The van der Waals surface area contributed by atoms with Gasteiger partial charge in [-0.1, -0.05) is 0 Å². The Morgan fingerprint density at radius 3 is 2.40 bits per heavy atom. The average Bonchev–Trinajstić information content (AvgIpc) is 2.93. The molecule has 2 fully saturated rings. The van der Waals surface area contributed by atoms with Crippen LogP contribution in [0.15, 0.2) is 0 Å². The number of halogens is 2. The molecular weight excluding hydrogens is 332 g/mol. The normalized spacial score (nSPS) is 25.6. The van der Waals surface area contributed by atoms with E-state index in [1.807, 2.05) is 6.92 Å². The number of hydrogen-bond donors (Lipinski definition) is 0. The van der Waals surface area contributed by atoms with Crippen LogP contribution in [-0.2, 0) is 9.53 Å². The van der Waals surface area contributed by atoms with Crippen molar-refractivity contribution in [2.45, 2.75) is 64.6 Å². The van der Waals surface area contributed by atoms with Gasteiger partial charge in [-0.15, -0.1) is 0 Å². The van der Waals surface area contributed by atoms with E-state index >= 15 is 0 Å². The first kappa shape index (κ1) is 19.9. The highest BCUT2D eigenvalue weighted by molar-refractivity contribution is 5.86. The van der Waals surface area contributed by atoms with Crippen molar-refractivity contribution in [3.8, 4) is 0 Å². The number of likely N-dealkylation sites (tertiary alicyclic amines) is 1. The molecule has 25 heavy (non-hydrogen) atoms. The van der Waals surface area contributed by atoms with Crippen molar-refractivity contribution < 1.29 is 23.1 Å². The molecule has 2 heterocycles. The van der Waals surface area contributed by atoms with E-state index in [1.54, 1.807) is 30.6 Å². The van der Waals surface area contributed by atoms with Gasteiger partial charge in [0.05, 0.1) is 6.54 Å². The molecule has 0 radical (unpaired) electrons. The fourth-order valence-corrected chi connectivity index (χ4v) is 3.48. The predicted molar refractivity (Wildman–Crippen MR) is 89.6 cm³/mol. The van der Waals surface area contributed by atoms with Crippen LogP contribution in [0.25, 0.3) is 0 Å². The van der Waals surface area contributed by atoms with Gasteiger partial charge in [0.2, 0.25) is 5.91 Å². The SMILES string of the molecule is C[C@@H]1CN(CC(F)F)CCN1C(=O)[C@@H]1CCCN1C(=O)OC(C)(C)C. The van der Waals surface area contributed by atoms with Crippen LogP contribution < -0.4 is 0 Å². The molecular formula is C17H29F2N3O3. The fourth-order valence-electron chi connectivity index (χ4n) is 3.48. The van der Waals surface area contributed by atoms with Crippen LogP contribution in [0.3, 0.4) is 0 Å². The van der Waals surface area contributed by atoms with Crippen LogP contribution >= 0.6 is 0 Å². The minimum Gasteiger partial charge on any atom is -0.444 e. The van der Waals surface area contributed by atoms with Crippen molar-refractivity contribution in [2.24, 2.45) is 0 Å². The molecule has 2 saturated heterocycles. The zero-order valence-corrected chi connectivity index (χ0v) is 15.5. The van der Waals surface area contributed by atoms with Crippen molar-refractivity contribution in [2.75, 3.05) is 32.7 Å². The summed E-state index contributed by atoms with van der Waals surface area (Å²) in [6.07, 6.45) is -1.46. The monoisotopic (exact) mass is 361 g/mol.